The number of methoxy groups -OCH3 is 1. The number of carbonyl (C=O) groups is 1. The number of hydrogen-bond acceptors (Lipinski definition) is 2. The minimum atomic E-state index is 0.158. The quantitative estimate of drug-likeness (QED) is 0.707. The zero-order valence-corrected chi connectivity index (χ0v) is 9.83. The molecule has 0 saturated carbocycles. The van der Waals surface area contributed by atoms with Gasteiger partial charge in [0, 0.05) is 6.42 Å². The molecule has 0 saturated heterocycles. The summed E-state index contributed by atoms with van der Waals surface area (Å²) in [4.78, 5) is 11.9. The van der Waals surface area contributed by atoms with E-state index in [0.29, 0.717) is 23.7 Å². The predicted molar refractivity (Wildman–Crippen MR) is 61.5 cm³/mol. The van der Waals surface area contributed by atoms with E-state index in [4.69, 9.17) is 4.74 Å². The molecule has 0 fully saturated rings. The first kappa shape index (κ1) is 11.8. The molecule has 0 aliphatic carbocycles. The van der Waals surface area contributed by atoms with Gasteiger partial charge in [-0.3, -0.25) is 4.79 Å². The summed E-state index contributed by atoms with van der Waals surface area (Å²) in [6.45, 7) is 6.03. The number of rotatable bonds is 4. The lowest BCUT2D eigenvalue weighted by Gasteiger charge is -2.11. The fourth-order valence-corrected chi connectivity index (χ4v) is 1.62. The lowest BCUT2D eigenvalue weighted by Crippen LogP contribution is -2.06. The van der Waals surface area contributed by atoms with Gasteiger partial charge in [0.2, 0.25) is 0 Å². The molecule has 0 amide bonds. The molecule has 1 aromatic carbocycles. The Bertz CT molecular complexity index is 354. The molecule has 0 aromatic heterocycles. The molecule has 82 valence electrons. The molecule has 1 aromatic rings. The van der Waals surface area contributed by atoms with Gasteiger partial charge in [0.05, 0.1) is 12.7 Å². The van der Waals surface area contributed by atoms with Crippen LogP contribution >= 0.6 is 0 Å². The molecule has 0 heterocycles. The number of hydrogen-bond donors (Lipinski definition) is 0. The van der Waals surface area contributed by atoms with Crippen LogP contribution in [-0.2, 0) is 0 Å². The van der Waals surface area contributed by atoms with Crippen LogP contribution in [0.3, 0.4) is 0 Å². The Morgan fingerprint density at radius 3 is 2.60 bits per heavy atom. The molecule has 15 heavy (non-hydrogen) atoms. The molecule has 0 unspecified atom stereocenters. The maximum atomic E-state index is 11.9. The van der Waals surface area contributed by atoms with E-state index in [9.17, 15) is 4.79 Å². The average Bonchev–Trinajstić information content (AvgIpc) is 2.16. The van der Waals surface area contributed by atoms with Crippen LogP contribution in [0.5, 0.6) is 5.75 Å². The highest BCUT2D eigenvalue weighted by molar-refractivity contribution is 5.99. The zero-order valence-electron chi connectivity index (χ0n) is 9.83. The Morgan fingerprint density at radius 2 is 2.07 bits per heavy atom. The van der Waals surface area contributed by atoms with Crippen LogP contribution in [0.1, 0.15) is 36.2 Å². The lowest BCUT2D eigenvalue weighted by molar-refractivity contribution is 0.0964. The smallest absolute Gasteiger partial charge is 0.166 e. The number of Topliss-reactive ketones (excluding diaryl/α,β-unsaturated/α-hetero) is 1. The molecule has 1 rings (SSSR count). The fraction of sp³-hybridized carbons (Fsp3) is 0.462. The summed E-state index contributed by atoms with van der Waals surface area (Å²) in [6, 6.07) is 5.67. The Labute approximate surface area is 91.3 Å². The van der Waals surface area contributed by atoms with E-state index in [1.165, 1.54) is 0 Å². The Hall–Kier alpha value is -1.31. The summed E-state index contributed by atoms with van der Waals surface area (Å²) < 4.78 is 5.26. The minimum Gasteiger partial charge on any atom is -0.496 e. The molecule has 0 radical (unpaired) electrons. The van der Waals surface area contributed by atoms with Gasteiger partial charge in [-0.1, -0.05) is 26.0 Å². The molecular weight excluding hydrogens is 188 g/mol. The van der Waals surface area contributed by atoms with Crippen LogP contribution in [0.15, 0.2) is 18.2 Å². The Kier molecular flexibility index (Phi) is 3.89. The van der Waals surface area contributed by atoms with Crippen LogP contribution in [0.4, 0.5) is 0 Å². The number of ether oxygens (including phenoxy) is 1. The van der Waals surface area contributed by atoms with Crippen molar-refractivity contribution in [1.82, 2.24) is 0 Å². The summed E-state index contributed by atoms with van der Waals surface area (Å²) >= 11 is 0. The van der Waals surface area contributed by atoms with E-state index in [1.807, 2.05) is 39.0 Å². The first-order chi connectivity index (χ1) is 7.06. The second kappa shape index (κ2) is 4.96. The topological polar surface area (TPSA) is 26.3 Å². The first-order valence-corrected chi connectivity index (χ1v) is 5.23. The first-order valence-electron chi connectivity index (χ1n) is 5.23. The van der Waals surface area contributed by atoms with E-state index < -0.39 is 0 Å². The summed E-state index contributed by atoms with van der Waals surface area (Å²) in [7, 11) is 1.61. The van der Waals surface area contributed by atoms with Gasteiger partial charge in [0.15, 0.2) is 5.78 Å². The monoisotopic (exact) mass is 206 g/mol. The van der Waals surface area contributed by atoms with Crippen molar-refractivity contribution >= 4 is 5.78 Å². The molecule has 0 spiro atoms. The van der Waals surface area contributed by atoms with Crippen LogP contribution < -0.4 is 4.74 Å². The number of carbonyl (C=O) groups excluding carboxylic acids is 1. The summed E-state index contributed by atoms with van der Waals surface area (Å²) in [5.41, 5.74) is 1.71. The van der Waals surface area contributed by atoms with Crippen molar-refractivity contribution in [3.05, 3.63) is 29.3 Å². The normalized spacial score (nSPS) is 10.5. The van der Waals surface area contributed by atoms with Crippen LogP contribution in [0.2, 0.25) is 0 Å². The molecule has 0 bridgehead atoms. The third-order valence-electron chi connectivity index (χ3n) is 2.31. The van der Waals surface area contributed by atoms with Crippen molar-refractivity contribution in [3.8, 4) is 5.75 Å². The maximum absolute atomic E-state index is 11.9. The van der Waals surface area contributed by atoms with E-state index in [0.717, 1.165) is 5.56 Å². The van der Waals surface area contributed by atoms with Crippen molar-refractivity contribution in [2.75, 3.05) is 7.11 Å². The molecule has 2 nitrogen and oxygen atoms in total. The molecule has 2 heteroatoms. The van der Waals surface area contributed by atoms with Crippen molar-refractivity contribution in [2.24, 2.45) is 5.92 Å². The van der Waals surface area contributed by atoms with Gasteiger partial charge in [-0.2, -0.15) is 0 Å². The zero-order chi connectivity index (χ0) is 11.4. The van der Waals surface area contributed by atoms with Gasteiger partial charge in [0.25, 0.3) is 0 Å². The van der Waals surface area contributed by atoms with Crippen LogP contribution in [-0.4, -0.2) is 12.9 Å². The fourth-order valence-electron chi connectivity index (χ4n) is 1.62. The van der Waals surface area contributed by atoms with E-state index in [1.54, 1.807) is 7.11 Å². The minimum absolute atomic E-state index is 0.158. The third kappa shape index (κ3) is 2.82. The summed E-state index contributed by atoms with van der Waals surface area (Å²) in [5, 5.41) is 0. The highest BCUT2D eigenvalue weighted by Crippen LogP contribution is 2.25. The molecular formula is C13H18O2. The van der Waals surface area contributed by atoms with Gasteiger partial charge >= 0.3 is 0 Å². The van der Waals surface area contributed by atoms with Gasteiger partial charge in [-0.25, -0.2) is 0 Å². The van der Waals surface area contributed by atoms with Crippen molar-refractivity contribution in [1.29, 1.82) is 0 Å². The van der Waals surface area contributed by atoms with Gasteiger partial charge < -0.3 is 4.74 Å². The third-order valence-corrected chi connectivity index (χ3v) is 2.31. The molecule has 0 aliphatic rings. The number of ketones is 1. The van der Waals surface area contributed by atoms with Crippen molar-refractivity contribution in [3.63, 3.8) is 0 Å². The molecule has 0 N–H and O–H groups in total. The predicted octanol–water partition coefficient (Wildman–Crippen LogP) is 3.23. The summed E-state index contributed by atoms with van der Waals surface area (Å²) in [5.74, 6) is 1.25. The molecule has 0 aliphatic heterocycles. The van der Waals surface area contributed by atoms with Crippen LogP contribution in [0.25, 0.3) is 0 Å². The standard InChI is InChI=1S/C13H18O2/c1-9(2)8-12(14)11-7-5-6-10(3)13(11)15-4/h5-7,9H,8H2,1-4H3. The van der Waals surface area contributed by atoms with Crippen LogP contribution in [0, 0.1) is 12.8 Å². The number of benzene rings is 1. The second-order valence-corrected chi connectivity index (χ2v) is 4.18. The SMILES string of the molecule is COc1c(C)cccc1C(=O)CC(C)C. The second-order valence-electron chi connectivity index (χ2n) is 4.18. The number of aryl methyl sites for hydroxylation is 1. The maximum Gasteiger partial charge on any atom is 0.166 e. The highest BCUT2D eigenvalue weighted by atomic mass is 16.5. The van der Waals surface area contributed by atoms with Crippen molar-refractivity contribution in [2.45, 2.75) is 27.2 Å². The Balaban J connectivity index is 3.03. The van der Waals surface area contributed by atoms with E-state index in [-0.39, 0.29) is 5.78 Å². The number of para-hydroxylation sites is 1. The summed E-state index contributed by atoms with van der Waals surface area (Å²) in [6.07, 6.45) is 0.569. The highest BCUT2D eigenvalue weighted by Gasteiger charge is 2.14. The largest absolute Gasteiger partial charge is 0.496 e. The van der Waals surface area contributed by atoms with Crippen molar-refractivity contribution < 1.29 is 9.53 Å². The van der Waals surface area contributed by atoms with Gasteiger partial charge in [0.1, 0.15) is 5.75 Å². The average molecular weight is 206 g/mol. The van der Waals surface area contributed by atoms with E-state index >= 15 is 0 Å². The van der Waals surface area contributed by atoms with E-state index in [2.05, 4.69) is 0 Å². The van der Waals surface area contributed by atoms with Gasteiger partial charge in [-0.05, 0) is 24.5 Å². The van der Waals surface area contributed by atoms with Gasteiger partial charge in [-0.15, -0.1) is 0 Å². The molecule has 0 atom stereocenters. The lowest BCUT2D eigenvalue weighted by atomic mass is 9.99. The Morgan fingerprint density at radius 1 is 1.40 bits per heavy atom.